The maximum Gasteiger partial charge on any atom is 0.573 e. The Kier molecular flexibility index (Phi) is 6.36. The lowest BCUT2D eigenvalue weighted by atomic mass is 10.2. The van der Waals surface area contributed by atoms with Crippen molar-refractivity contribution in [3.63, 3.8) is 0 Å². The summed E-state index contributed by atoms with van der Waals surface area (Å²) in [6.07, 6.45) is -4.10. The van der Waals surface area contributed by atoms with E-state index in [2.05, 4.69) is 19.9 Å². The molecule has 4 aromatic rings. The van der Waals surface area contributed by atoms with E-state index in [4.69, 9.17) is 4.52 Å². The molecule has 0 saturated heterocycles. The number of halogens is 4. The van der Waals surface area contributed by atoms with Gasteiger partial charge in [-0.05, 0) is 48.9 Å². The van der Waals surface area contributed by atoms with Crippen LogP contribution < -0.4 is 10.3 Å². The van der Waals surface area contributed by atoms with E-state index in [1.807, 2.05) is 6.92 Å². The second-order valence-corrected chi connectivity index (χ2v) is 7.83. The number of benzene rings is 2. The molecule has 0 saturated carbocycles. The van der Waals surface area contributed by atoms with Gasteiger partial charge in [0.1, 0.15) is 11.6 Å². The zero-order chi connectivity index (χ0) is 23.6. The van der Waals surface area contributed by atoms with Crippen molar-refractivity contribution in [3.05, 3.63) is 64.5 Å². The van der Waals surface area contributed by atoms with Gasteiger partial charge in [0.2, 0.25) is 11.7 Å². The maximum absolute atomic E-state index is 13.6. The van der Waals surface area contributed by atoms with E-state index in [0.29, 0.717) is 29.2 Å². The highest BCUT2D eigenvalue weighted by Gasteiger charge is 2.31. The number of hydrogen-bond acceptors (Lipinski definition) is 7. The van der Waals surface area contributed by atoms with E-state index in [1.54, 1.807) is 0 Å². The van der Waals surface area contributed by atoms with Gasteiger partial charge in [-0.15, -0.1) is 13.2 Å². The molecule has 0 amide bonds. The third-order valence-corrected chi connectivity index (χ3v) is 5.43. The van der Waals surface area contributed by atoms with Crippen molar-refractivity contribution in [2.75, 3.05) is 0 Å². The van der Waals surface area contributed by atoms with Crippen LogP contribution in [0, 0.1) is 5.82 Å². The van der Waals surface area contributed by atoms with Crippen LogP contribution in [0.25, 0.3) is 22.3 Å². The highest BCUT2D eigenvalue weighted by Crippen LogP contribution is 2.27. The summed E-state index contributed by atoms with van der Waals surface area (Å²) in [7, 11) is 0. The first-order valence-electron chi connectivity index (χ1n) is 9.75. The lowest BCUT2D eigenvalue weighted by Crippen LogP contribution is -2.23. The van der Waals surface area contributed by atoms with Gasteiger partial charge in [0, 0.05) is 12.1 Å². The predicted octanol–water partition coefficient (Wildman–Crippen LogP) is 5.19. The summed E-state index contributed by atoms with van der Waals surface area (Å²) in [5.74, 6) is -0.243. The molecule has 0 spiro atoms. The minimum Gasteiger partial charge on any atom is -0.406 e. The van der Waals surface area contributed by atoms with Crippen LogP contribution in [-0.2, 0) is 12.3 Å². The van der Waals surface area contributed by atoms with E-state index in [-0.39, 0.29) is 34.2 Å². The first-order valence-corrected chi connectivity index (χ1v) is 10.7. The summed E-state index contributed by atoms with van der Waals surface area (Å²) in [6, 6.07) is 8.92. The maximum atomic E-state index is 13.6. The van der Waals surface area contributed by atoms with Gasteiger partial charge in [0.25, 0.3) is 5.56 Å². The fourth-order valence-electron chi connectivity index (χ4n) is 3.07. The number of fused-ring (bicyclic) bond motifs is 1. The second kappa shape index (κ2) is 9.22. The highest BCUT2D eigenvalue weighted by atomic mass is 32.2. The average Bonchev–Trinajstić information content (AvgIpc) is 3.23. The number of nitrogens with zero attached hydrogens (tertiary/aromatic N) is 4. The van der Waals surface area contributed by atoms with Crippen LogP contribution >= 0.6 is 11.8 Å². The Bertz CT molecular complexity index is 1340. The minimum absolute atomic E-state index is 0.192. The molecule has 0 bridgehead atoms. The third kappa shape index (κ3) is 5.33. The Balaban J connectivity index is 1.53. The van der Waals surface area contributed by atoms with E-state index in [9.17, 15) is 22.4 Å². The summed E-state index contributed by atoms with van der Waals surface area (Å²) >= 11 is 1.21. The van der Waals surface area contributed by atoms with E-state index >= 15 is 0 Å². The molecular formula is C21H16F4N4O3S. The zero-order valence-electron chi connectivity index (χ0n) is 17.1. The normalized spacial score (nSPS) is 11.8. The van der Waals surface area contributed by atoms with Gasteiger partial charge in [-0.3, -0.25) is 9.36 Å². The van der Waals surface area contributed by atoms with Crippen LogP contribution in [-0.4, -0.2) is 26.1 Å². The van der Waals surface area contributed by atoms with Crippen molar-refractivity contribution in [2.45, 2.75) is 37.2 Å². The third-order valence-electron chi connectivity index (χ3n) is 4.47. The zero-order valence-corrected chi connectivity index (χ0v) is 17.9. The lowest BCUT2D eigenvalue weighted by Gasteiger charge is -2.11. The van der Waals surface area contributed by atoms with Gasteiger partial charge >= 0.3 is 6.36 Å². The first kappa shape index (κ1) is 22.8. The van der Waals surface area contributed by atoms with Crippen molar-refractivity contribution in [3.8, 4) is 17.1 Å². The quantitative estimate of drug-likeness (QED) is 0.205. The van der Waals surface area contributed by atoms with Gasteiger partial charge in [-0.2, -0.15) is 4.98 Å². The predicted molar refractivity (Wildman–Crippen MR) is 112 cm³/mol. The number of rotatable bonds is 7. The molecule has 0 atom stereocenters. The SMILES string of the molecule is CCCn1c(SCc2nc(-c3ccc(OC(F)(F)F)cc3)no2)nc2ccc(F)cc2c1=O. The highest BCUT2D eigenvalue weighted by molar-refractivity contribution is 7.98. The van der Waals surface area contributed by atoms with Crippen LogP contribution in [0.1, 0.15) is 19.2 Å². The van der Waals surface area contributed by atoms with E-state index < -0.39 is 12.2 Å². The van der Waals surface area contributed by atoms with Crippen LogP contribution in [0.3, 0.4) is 0 Å². The first-order chi connectivity index (χ1) is 15.7. The molecule has 2 aromatic carbocycles. The summed E-state index contributed by atoms with van der Waals surface area (Å²) < 4.78 is 61.0. The molecule has 2 aromatic heterocycles. The summed E-state index contributed by atoms with van der Waals surface area (Å²) in [5, 5.41) is 4.47. The van der Waals surface area contributed by atoms with E-state index in [0.717, 1.165) is 12.1 Å². The largest absolute Gasteiger partial charge is 0.573 e. The van der Waals surface area contributed by atoms with Gasteiger partial charge in [0.05, 0.1) is 16.7 Å². The van der Waals surface area contributed by atoms with Gasteiger partial charge in [-0.1, -0.05) is 23.8 Å². The van der Waals surface area contributed by atoms with Gasteiger partial charge in [0.15, 0.2) is 5.16 Å². The van der Waals surface area contributed by atoms with Crippen molar-refractivity contribution in [1.29, 1.82) is 0 Å². The molecule has 0 aliphatic carbocycles. The molecule has 33 heavy (non-hydrogen) atoms. The summed E-state index contributed by atoms with van der Waals surface area (Å²) in [4.78, 5) is 21.5. The molecule has 0 aliphatic rings. The van der Waals surface area contributed by atoms with Gasteiger partial charge < -0.3 is 9.26 Å². The van der Waals surface area contributed by atoms with Crippen LogP contribution in [0.5, 0.6) is 5.75 Å². The Morgan fingerprint density at radius 2 is 1.88 bits per heavy atom. The number of hydrogen-bond donors (Lipinski definition) is 0. The van der Waals surface area contributed by atoms with Crippen LogP contribution in [0.4, 0.5) is 17.6 Å². The van der Waals surface area contributed by atoms with Gasteiger partial charge in [-0.25, -0.2) is 9.37 Å². The monoisotopic (exact) mass is 480 g/mol. The second-order valence-electron chi connectivity index (χ2n) is 6.89. The lowest BCUT2D eigenvalue weighted by molar-refractivity contribution is -0.274. The smallest absolute Gasteiger partial charge is 0.406 e. The number of alkyl halides is 3. The van der Waals surface area contributed by atoms with Crippen molar-refractivity contribution in [1.82, 2.24) is 19.7 Å². The molecule has 172 valence electrons. The number of ether oxygens (including phenoxy) is 1. The van der Waals surface area contributed by atoms with Crippen LogP contribution in [0.15, 0.2) is 56.9 Å². The minimum atomic E-state index is -4.78. The average molecular weight is 480 g/mol. The molecule has 12 heteroatoms. The van der Waals surface area contributed by atoms with Crippen molar-refractivity contribution in [2.24, 2.45) is 0 Å². The molecule has 4 rings (SSSR count). The molecule has 0 radical (unpaired) electrons. The van der Waals surface area contributed by atoms with Crippen LogP contribution in [0.2, 0.25) is 0 Å². The molecule has 0 unspecified atom stereocenters. The standard InChI is InChI=1S/C21H16F4N4O3S/c1-2-9-29-19(30)15-10-13(22)5-8-16(15)26-20(29)33-11-17-27-18(28-32-17)12-3-6-14(7-4-12)31-21(23,24)25/h3-8,10H,2,9,11H2,1H3. The molecule has 7 nitrogen and oxygen atoms in total. The number of aromatic nitrogens is 4. The Hall–Kier alpha value is -3.41. The topological polar surface area (TPSA) is 83.0 Å². The molecule has 2 heterocycles. The summed E-state index contributed by atoms with van der Waals surface area (Å²) in [5.41, 5.74) is 0.484. The molecule has 0 fully saturated rings. The molecule has 0 N–H and O–H groups in total. The van der Waals surface area contributed by atoms with Crippen molar-refractivity contribution < 1.29 is 26.8 Å². The Morgan fingerprint density at radius 1 is 1.12 bits per heavy atom. The number of thioether (sulfide) groups is 1. The Labute approximate surface area is 188 Å². The molecule has 0 aliphatic heterocycles. The molecular weight excluding hydrogens is 464 g/mol. The fraction of sp³-hybridized carbons (Fsp3) is 0.238. The summed E-state index contributed by atoms with van der Waals surface area (Å²) in [6.45, 7) is 2.31. The van der Waals surface area contributed by atoms with E-state index in [1.165, 1.54) is 46.7 Å². The van der Waals surface area contributed by atoms with Crippen molar-refractivity contribution >= 4 is 22.7 Å². The fourth-order valence-corrected chi connectivity index (χ4v) is 3.93. The Morgan fingerprint density at radius 3 is 2.58 bits per heavy atom.